The van der Waals surface area contributed by atoms with Crippen LogP contribution >= 0.6 is 11.3 Å². The fraction of sp³-hybridized carbons (Fsp3) is 0.381. The highest BCUT2D eigenvalue weighted by molar-refractivity contribution is 7.24. The average Bonchev–Trinajstić information content (AvgIpc) is 2.65. The summed E-state index contributed by atoms with van der Waals surface area (Å²) in [7, 11) is 2.26. The van der Waals surface area contributed by atoms with E-state index in [9.17, 15) is 4.79 Å². The molecule has 3 nitrogen and oxygen atoms in total. The number of rotatable bonds is 7. The molecule has 0 aliphatic carbocycles. The Bertz CT molecular complexity index is 928. The van der Waals surface area contributed by atoms with Gasteiger partial charge in [0, 0.05) is 20.2 Å². The first-order valence-electron chi connectivity index (χ1n) is 8.92. The Morgan fingerprint density at radius 1 is 1.00 bits per heavy atom. The lowest BCUT2D eigenvalue weighted by Crippen LogP contribution is -2.45. The fourth-order valence-electron chi connectivity index (χ4n) is 2.95. The first kappa shape index (κ1) is 18.1. The summed E-state index contributed by atoms with van der Waals surface area (Å²) in [6, 6.07) is 13.9. The van der Waals surface area contributed by atoms with Crippen molar-refractivity contribution in [3.05, 3.63) is 58.3 Å². The molecule has 0 N–H and O–H groups in total. The number of fused-ring (bicyclic) bond motifs is 2. The summed E-state index contributed by atoms with van der Waals surface area (Å²) >= 11 is 1.67. The van der Waals surface area contributed by atoms with Gasteiger partial charge >= 0.3 is 0 Å². The minimum Gasteiger partial charge on any atom is -0.371 e. The van der Waals surface area contributed by atoms with Crippen LogP contribution in [0, 0.1) is 0 Å². The quantitative estimate of drug-likeness (QED) is 0.356. The van der Waals surface area contributed by atoms with Gasteiger partial charge in [-0.3, -0.25) is 4.79 Å². The third-order valence-corrected chi connectivity index (χ3v) is 6.36. The predicted octanol–water partition coefficient (Wildman–Crippen LogP) is 4.42. The average molecular weight is 357 g/mol. The van der Waals surface area contributed by atoms with Gasteiger partial charge in [-0.1, -0.05) is 18.2 Å². The molecule has 0 unspecified atom stereocenters. The van der Waals surface area contributed by atoms with E-state index in [1.807, 2.05) is 36.4 Å². The topological polar surface area (TPSA) is 26.3 Å². The highest BCUT2D eigenvalue weighted by atomic mass is 32.1. The van der Waals surface area contributed by atoms with Crippen molar-refractivity contribution in [1.82, 2.24) is 0 Å². The maximum atomic E-state index is 12.7. The van der Waals surface area contributed by atoms with Crippen LogP contribution in [0.25, 0.3) is 20.2 Å². The van der Waals surface area contributed by atoms with Crippen molar-refractivity contribution in [2.24, 2.45) is 0 Å². The molecule has 3 rings (SSSR count). The molecular formula is C21H26NO2S+. The van der Waals surface area contributed by atoms with Crippen molar-refractivity contribution >= 4 is 31.5 Å². The Hall–Kier alpha value is -1.75. The Morgan fingerprint density at radius 3 is 2.48 bits per heavy atom. The van der Waals surface area contributed by atoms with Crippen molar-refractivity contribution < 1.29 is 9.22 Å². The van der Waals surface area contributed by atoms with Gasteiger partial charge < -0.3 is 9.22 Å². The second-order valence-electron chi connectivity index (χ2n) is 6.79. The van der Waals surface area contributed by atoms with E-state index in [-0.39, 0.29) is 5.43 Å². The summed E-state index contributed by atoms with van der Waals surface area (Å²) in [5.41, 5.74) is 1.18. The molecule has 0 amide bonds. The van der Waals surface area contributed by atoms with Gasteiger partial charge in [0.25, 0.3) is 0 Å². The van der Waals surface area contributed by atoms with Crippen LogP contribution in [0.5, 0.6) is 0 Å². The van der Waals surface area contributed by atoms with E-state index in [1.165, 1.54) is 0 Å². The van der Waals surface area contributed by atoms with Crippen LogP contribution in [0.15, 0.2) is 47.3 Å². The first-order chi connectivity index (χ1) is 12.1. The van der Waals surface area contributed by atoms with Gasteiger partial charge in [0.1, 0.15) is 6.54 Å². The van der Waals surface area contributed by atoms with Crippen LogP contribution in [0.2, 0.25) is 0 Å². The monoisotopic (exact) mass is 356 g/mol. The lowest BCUT2D eigenvalue weighted by Gasteiger charge is -2.31. The number of quaternary nitrogens is 1. The van der Waals surface area contributed by atoms with Crippen molar-refractivity contribution in [1.29, 1.82) is 0 Å². The summed E-state index contributed by atoms with van der Waals surface area (Å²) in [5, 5.41) is 1.60. The van der Waals surface area contributed by atoms with E-state index in [4.69, 9.17) is 4.74 Å². The molecule has 1 heterocycles. The van der Waals surface area contributed by atoms with E-state index in [0.29, 0.717) is 6.61 Å². The van der Waals surface area contributed by atoms with E-state index in [2.05, 4.69) is 27.0 Å². The van der Waals surface area contributed by atoms with Crippen molar-refractivity contribution in [2.45, 2.75) is 20.5 Å². The molecule has 2 aromatic carbocycles. The lowest BCUT2D eigenvalue weighted by molar-refractivity contribution is -0.906. The van der Waals surface area contributed by atoms with E-state index in [0.717, 1.165) is 56.5 Å². The van der Waals surface area contributed by atoms with Crippen LogP contribution < -0.4 is 5.43 Å². The standard InChI is InChI=1S/C21H26NO2S/c1-4-22(3,5-2)12-13-24-15-16-10-11-20-18(14-16)21(23)17-8-6-7-9-19(17)25-20/h6-11,14H,4-5,12-13,15H2,1-3H3/q+1. The van der Waals surface area contributed by atoms with E-state index < -0.39 is 0 Å². The maximum absolute atomic E-state index is 12.7. The number of ether oxygens (including phenoxy) is 1. The second kappa shape index (κ2) is 7.65. The Kier molecular flexibility index (Phi) is 5.52. The normalized spacial score (nSPS) is 12.1. The van der Waals surface area contributed by atoms with Crippen LogP contribution in [-0.2, 0) is 11.3 Å². The zero-order valence-corrected chi connectivity index (χ0v) is 16.1. The molecule has 0 aliphatic rings. The summed E-state index contributed by atoms with van der Waals surface area (Å²) in [4.78, 5) is 12.7. The Morgan fingerprint density at radius 2 is 1.72 bits per heavy atom. The molecule has 0 radical (unpaired) electrons. The predicted molar refractivity (Wildman–Crippen MR) is 107 cm³/mol. The number of likely N-dealkylation sites (N-methyl/N-ethyl adjacent to an activating group) is 1. The molecule has 4 heteroatoms. The van der Waals surface area contributed by atoms with Gasteiger partial charge in [0.05, 0.1) is 33.4 Å². The molecule has 132 valence electrons. The first-order valence-corrected chi connectivity index (χ1v) is 9.74. The van der Waals surface area contributed by atoms with Gasteiger partial charge in [-0.15, -0.1) is 11.3 Å². The summed E-state index contributed by atoms with van der Waals surface area (Å²) < 4.78 is 8.98. The van der Waals surface area contributed by atoms with Crippen LogP contribution in [0.4, 0.5) is 0 Å². The largest absolute Gasteiger partial charge is 0.371 e. The van der Waals surface area contributed by atoms with Gasteiger partial charge in [-0.25, -0.2) is 0 Å². The molecule has 3 aromatic rings. The van der Waals surface area contributed by atoms with Gasteiger partial charge in [-0.2, -0.15) is 0 Å². The van der Waals surface area contributed by atoms with Crippen LogP contribution in [0.1, 0.15) is 19.4 Å². The van der Waals surface area contributed by atoms with Gasteiger partial charge in [-0.05, 0) is 43.7 Å². The molecular weight excluding hydrogens is 330 g/mol. The molecule has 25 heavy (non-hydrogen) atoms. The molecule has 0 saturated carbocycles. The van der Waals surface area contributed by atoms with Gasteiger partial charge in [0.15, 0.2) is 5.43 Å². The zero-order chi connectivity index (χ0) is 17.9. The lowest BCUT2D eigenvalue weighted by atomic mass is 10.1. The third kappa shape index (κ3) is 3.92. The van der Waals surface area contributed by atoms with Crippen molar-refractivity contribution in [3.8, 4) is 0 Å². The Labute approximate surface area is 153 Å². The number of benzene rings is 2. The molecule has 0 spiro atoms. The van der Waals surface area contributed by atoms with Crippen LogP contribution in [0.3, 0.4) is 0 Å². The smallest absolute Gasteiger partial charge is 0.195 e. The van der Waals surface area contributed by atoms with Gasteiger partial charge in [0.2, 0.25) is 0 Å². The minimum absolute atomic E-state index is 0.118. The van der Waals surface area contributed by atoms with Crippen molar-refractivity contribution in [3.63, 3.8) is 0 Å². The summed E-state index contributed by atoms with van der Waals surface area (Å²) in [6.07, 6.45) is 0. The molecule has 0 aliphatic heterocycles. The molecule has 1 aromatic heterocycles. The Balaban J connectivity index is 1.76. The number of hydrogen-bond acceptors (Lipinski definition) is 3. The molecule has 0 saturated heterocycles. The van der Waals surface area contributed by atoms with Crippen LogP contribution in [-0.4, -0.2) is 37.8 Å². The highest BCUT2D eigenvalue weighted by Crippen LogP contribution is 2.25. The van der Waals surface area contributed by atoms with E-state index in [1.54, 1.807) is 11.3 Å². The third-order valence-electron chi connectivity index (χ3n) is 5.21. The van der Waals surface area contributed by atoms with E-state index >= 15 is 0 Å². The number of hydrogen-bond donors (Lipinski definition) is 0. The molecule has 0 bridgehead atoms. The summed E-state index contributed by atoms with van der Waals surface area (Å²) in [6.45, 7) is 8.97. The second-order valence-corrected chi connectivity index (χ2v) is 7.87. The fourth-order valence-corrected chi connectivity index (χ4v) is 4.01. The maximum Gasteiger partial charge on any atom is 0.195 e. The van der Waals surface area contributed by atoms with Crippen molar-refractivity contribution in [2.75, 3.05) is 33.3 Å². The molecule has 0 fully saturated rings. The number of nitrogens with zero attached hydrogens (tertiary/aromatic N) is 1. The zero-order valence-electron chi connectivity index (χ0n) is 15.2. The SMILES string of the molecule is CC[N+](C)(CC)CCOCc1ccc2sc3ccccc3c(=O)c2c1. The minimum atomic E-state index is 0.118. The molecule has 0 atom stereocenters. The highest BCUT2D eigenvalue weighted by Gasteiger charge is 2.15. The summed E-state index contributed by atoms with van der Waals surface area (Å²) in [5.74, 6) is 0.